The number of para-hydroxylation sites is 1. The second kappa shape index (κ2) is 10.1. The maximum Gasteiger partial charge on any atom is 0.129 e. The van der Waals surface area contributed by atoms with Gasteiger partial charge in [-0.15, -0.1) is 0 Å². The van der Waals surface area contributed by atoms with Crippen LogP contribution in [0.1, 0.15) is 33.6 Å². The zero-order valence-corrected chi connectivity index (χ0v) is 17.2. The number of hydrogen-bond acceptors (Lipinski definition) is 4. The van der Waals surface area contributed by atoms with E-state index in [0.717, 1.165) is 54.1 Å². The highest BCUT2D eigenvalue weighted by Crippen LogP contribution is 2.28. The predicted molar refractivity (Wildman–Crippen MR) is 118 cm³/mol. The van der Waals surface area contributed by atoms with Crippen LogP contribution in [0.25, 0.3) is 10.9 Å². The van der Waals surface area contributed by atoms with Crippen LogP contribution in [-0.2, 0) is 0 Å². The van der Waals surface area contributed by atoms with Crippen molar-refractivity contribution < 1.29 is 4.74 Å². The van der Waals surface area contributed by atoms with Crippen molar-refractivity contribution in [1.82, 2.24) is 9.88 Å². The molecular weight excluding hydrogens is 346 g/mol. The number of aromatic nitrogens is 1. The molecule has 1 aromatic heterocycles. The van der Waals surface area contributed by atoms with Gasteiger partial charge in [-0.25, -0.2) is 0 Å². The van der Waals surface area contributed by atoms with Crippen LogP contribution in [0.2, 0.25) is 0 Å². The van der Waals surface area contributed by atoms with Gasteiger partial charge in [0.2, 0.25) is 0 Å². The third-order valence-electron chi connectivity index (χ3n) is 5.10. The normalized spacial score (nSPS) is 12.3. The first-order chi connectivity index (χ1) is 13.7. The van der Waals surface area contributed by atoms with E-state index in [1.807, 2.05) is 48.7 Å². The molecule has 1 atom stereocenters. The summed E-state index contributed by atoms with van der Waals surface area (Å²) in [7, 11) is 0. The summed E-state index contributed by atoms with van der Waals surface area (Å²) in [6.45, 7) is 10.1. The molecule has 4 heteroatoms. The highest BCUT2D eigenvalue weighted by atomic mass is 16.5. The van der Waals surface area contributed by atoms with Gasteiger partial charge in [0, 0.05) is 29.4 Å². The molecule has 0 aliphatic rings. The van der Waals surface area contributed by atoms with Gasteiger partial charge in [-0.05, 0) is 69.7 Å². The summed E-state index contributed by atoms with van der Waals surface area (Å²) in [6.07, 6.45) is 4.21. The number of hydrogen-bond donors (Lipinski definition) is 1. The number of anilines is 1. The van der Waals surface area contributed by atoms with E-state index in [0.29, 0.717) is 6.04 Å². The fraction of sp³-hybridized carbons (Fsp3) is 0.375. The summed E-state index contributed by atoms with van der Waals surface area (Å²) in [4.78, 5) is 7.01. The molecule has 0 saturated carbocycles. The molecule has 1 heterocycles. The van der Waals surface area contributed by atoms with Crippen molar-refractivity contribution >= 4 is 16.6 Å². The number of pyridine rings is 1. The van der Waals surface area contributed by atoms with E-state index >= 15 is 0 Å². The SMILES string of the molecule is CCN(CC)CCCC(C)Nc1ccnc2cc(Oc3ccccc3)ccc12. The number of fused-ring (bicyclic) bond motifs is 1. The lowest BCUT2D eigenvalue weighted by molar-refractivity contribution is 0.295. The first-order valence-electron chi connectivity index (χ1n) is 10.3. The monoisotopic (exact) mass is 377 g/mol. The minimum atomic E-state index is 0.418. The first-order valence-corrected chi connectivity index (χ1v) is 10.3. The Kier molecular flexibility index (Phi) is 7.26. The van der Waals surface area contributed by atoms with Crippen molar-refractivity contribution in [3.05, 3.63) is 60.8 Å². The molecule has 0 bridgehead atoms. The summed E-state index contributed by atoms with van der Waals surface area (Å²) >= 11 is 0. The molecule has 0 amide bonds. The van der Waals surface area contributed by atoms with Gasteiger partial charge in [0.15, 0.2) is 0 Å². The van der Waals surface area contributed by atoms with Gasteiger partial charge < -0.3 is 15.0 Å². The van der Waals surface area contributed by atoms with Gasteiger partial charge in [-0.2, -0.15) is 0 Å². The van der Waals surface area contributed by atoms with Gasteiger partial charge in [0.05, 0.1) is 5.52 Å². The molecule has 2 aromatic carbocycles. The number of rotatable bonds is 10. The van der Waals surface area contributed by atoms with E-state index in [9.17, 15) is 0 Å². The molecule has 1 N–H and O–H groups in total. The zero-order valence-electron chi connectivity index (χ0n) is 17.2. The van der Waals surface area contributed by atoms with Crippen LogP contribution in [-0.4, -0.2) is 35.6 Å². The van der Waals surface area contributed by atoms with E-state index in [2.05, 4.69) is 48.1 Å². The van der Waals surface area contributed by atoms with Crippen LogP contribution in [0.3, 0.4) is 0 Å². The minimum Gasteiger partial charge on any atom is -0.457 e. The maximum atomic E-state index is 5.94. The van der Waals surface area contributed by atoms with Gasteiger partial charge in [0.1, 0.15) is 11.5 Å². The second-order valence-corrected chi connectivity index (χ2v) is 7.17. The molecule has 0 aliphatic carbocycles. The smallest absolute Gasteiger partial charge is 0.129 e. The lowest BCUT2D eigenvalue weighted by atomic mass is 10.1. The highest BCUT2D eigenvalue weighted by molar-refractivity contribution is 5.92. The van der Waals surface area contributed by atoms with E-state index in [4.69, 9.17) is 4.74 Å². The summed E-state index contributed by atoms with van der Waals surface area (Å²) < 4.78 is 5.94. The zero-order chi connectivity index (χ0) is 19.8. The lowest BCUT2D eigenvalue weighted by Crippen LogP contribution is -2.25. The third-order valence-corrected chi connectivity index (χ3v) is 5.10. The van der Waals surface area contributed by atoms with Crippen LogP contribution < -0.4 is 10.1 Å². The predicted octanol–water partition coefficient (Wildman–Crippen LogP) is 5.95. The topological polar surface area (TPSA) is 37.4 Å². The van der Waals surface area contributed by atoms with Crippen LogP contribution >= 0.6 is 0 Å². The Bertz CT molecular complexity index is 862. The first kappa shape index (κ1) is 20.2. The van der Waals surface area contributed by atoms with Gasteiger partial charge >= 0.3 is 0 Å². The van der Waals surface area contributed by atoms with Crippen molar-refractivity contribution in [3.63, 3.8) is 0 Å². The van der Waals surface area contributed by atoms with Gasteiger partial charge in [-0.1, -0.05) is 32.0 Å². The summed E-state index contributed by atoms with van der Waals surface area (Å²) in [5, 5.41) is 4.79. The Labute approximate surface area is 168 Å². The maximum absolute atomic E-state index is 5.94. The fourth-order valence-electron chi connectivity index (χ4n) is 3.44. The Balaban J connectivity index is 1.65. The van der Waals surface area contributed by atoms with E-state index in [1.54, 1.807) is 0 Å². The average Bonchev–Trinajstić information content (AvgIpc) is 2.72. The van der Waals surface area contributed by atoms with Crippen molar-refractivity contribution in [2.45, 2.75) is 39.7 Å². The molecule has 3 rings (SSSR count). The average molecular weight is 378 g/mol. The molecule has 148 valence electrons. The molecule has 0 fully saturated rings. The van der Waals surface area contributed by atoms with Crippen LogP contribution in [0.15, 0.2) is 60.8 Å². The quantitative estimate of drug-likeness (QED) is 0.474. The van der Waals surface area contributed by atoms with Crippen LogP contribution in [0.4, 0.5) is 5.69 Å². The number of nitrogens with one attached hydrogen (secondary N) is 1. The minimum absolute atomic E-state index is 0.418. The molecule has 4 nitrogen and oxygen atoms in total. The molecular formula is C24H31N3O. The van der Waals surface area contributed by atoms with Crippen molar-refractivity contribution in [2.75, 3.05) is 25.0 Å². The third kappa shape index (κ3) is 5.46. The van der Waals surface area contributed by atoms with Crippen molar-refractivity contribution in [1.29, 1.82) is 0 Å². The van der Waals surface area contributed by atoms with E-state index in [-0.39, 0.29) is 0 Å². The standard InChI is InChI=1S/C24H31N3O/c1-4-27(5-2)17-9-10-19(3)26-23-15-16-25-24-18-21(13-14-22(23)24)28-20-11-7-6-8-12-20/h6-8,11-16,18-19H,4-5,9-10,17H2,1-3H3,(H,25,26). The summed E-state index contributed by atoms with van der Waals surface area (Å²) in [5.74, 6) is 1.63. The summed E-state index contributed by atoms with van der Waals surface area (Å²) in [6, 6.07) is 18.4. The van der Waals surface area contributed by atoms with Gasteiger partial charge in [-0.3, -0.25) is 4.98 Å². The number of nitrogens with zero attached hydrogens (tertiary/aromatic N) is 2. The lowest BCUT2D eigenvalue weighted by Gasteiger charge is -2.21. The van der Waals surface area contributed by atoms with Gasteiger partial charge in [0.25, 0.3) is 0 Å². The Morgan fingerprint density at radius 3 is 2.54 bits per heavy atom. The van der Waals surface area contributed by atoms with Crippen molar-refractivity contribution in [2.24, 2.45) is 0 Å². The molecule has 0 spiro atoms. The number of benzene rings is 2. The van der Waals surface area contributed by atoms with E-state index in [1.165, 1.54) is 6.42 Å². The fourth-order valence-corrected chi connectivity index (χ4v) is 3.44. The molecule has 1 unspecified atom stereocenters. The van der Waals surface area contributed by atoms with E-state index < -0.39 is 0 Å². The van der Waals surface area contributed by atoms with Crippen molar-refractivity contribution in [3.8, 4) is 11.5 Å². The highest BCUT2D eigenvalue weighted by Gasteiger charge is 2.08. The largest absolute Gasteiger partial charge is 0.457 e. The molecule has 3 aromatic rings. The second-order valence-electron chi connectivity index (χ2n) is 7.17. The summed E-state index contributed by atoms with van der Waals surface area (Å²) in [5.41, 5.74) is 2.07. The molecule has 0 radical (unpaired) electrons. The Morgan fingerprint density at radius 1 is 1.00 bits per heavy atom. The Morgan fingerprint density at radius 2 is 1.79 bits per heavy atom. The molecule has 0 saturated heterocycles. The Hall–Kier alpha value is -2.59. The molecule has 0 aliphatic heterocycles. The van der Waals surface area contributed by atoms with Crippen LogP contribution in [0, 0.1) is 0 Å². The number of ether oxygens (including phenoxy) is 1. The molecule has 28 heavy (non-hydrogen) atoms. The van der Waals surface area contributed by atoms with Crippen LogP contribution in [0.5, 0.6) is 11.5 Å².